The van der Waals surface area contributed by atoms with Crippen molar-refractivity contribution in [1.82, 2.24) is 0 Å². The maximum atomic E-state index is 11.9. The summed E-state index contributed by atoms with van der Waals surface area (Å²) in [7, 11) is 0. The Morgan fingerprint density at radius 3 is 2.40 bits per heavy atom. The number of ether oxygens (including phenoxy) is 1. The maximum Gasteiger partial charge on any atom is 0.314 e. The fraction of sp³-hybridized carbons (Fsp3) is 0.562. The molecular weight excluding hydrogens is 254 g/mol. The molecule has 0 aromatic heterocycles. The van der Waals surface area contributed by atoms with Crippen molar-refractivity contribution in [1.29, 1.82) is 0 Å². The zero-order valence-corrected chi connectivity index (χ0v) is 12.7. The van der Waals surface area contributed by atoms with Crippen LogP contribution in [0.5, 0.6) is 0 Å². The molecule has 20 heavy (non-hydrogen) atoms. The normalized spacial score (nSPS) is 16.3. The molecule has 0 bridgehead atoms. The van der Waals surface area contributed by atoms with Crippen molar-refractivity contribution in [2.45, 2.75) is 39.8 Å². The third kappa shape index (κ3) is 3.58. The van der Waals surface area contributed by atoms with Gasteiger partial charge in [0.1, 0.15) is 0 Å². The van der Waals surface area contributed by atoms with Gasteiger partial charge >= 0.3 is 5.97 Å². The Kier molecular flexibility index (Phi) is 5.72. The number of hydrogen-bond donors (Lipinski definition) is 2. The predicted octanol–water partition coefficient (Wildman–Crippen LogP) is 2.27. The minimum absolute atomic E-state index is 0.267. The first-order valence-electron chi connectivity index (χ1n) is 6.98. The van der Waals surface area contributed by atoms with Crippen LogP contribution in [-0.4, -0.2) is 23.8 Å². The lowest BCUT2D eigenvalue weighted by molar-refractivity contribution is -0.162. The van der Waals surface area contributed by atoms with Crippen molar-refractivity contribution in [2.75, 3.05) is 6.61 Å². The molecule has 0 saturated heterocycles. The number of rotatable bonds is 6. The molecule has 0 spiro atoms. The summed E-state index contributed by atoms with van der Waals surface area (Å²) in [5, 5.41) is 10.5. The van der Waals surface area contributed by atoms with Gasteiger partial charge < -0.3 is 15.6 Å². The van der Waals surface area contributed by atoms with E-state index >= 15 is 0 Å². The molecule has 0 heterocycles. The van der Waals surface area contributed by atoms with Crippen LogP contribution in [0.15, 0.2) is 30.3 Å². The monoisotopic (exact) mass is 279 g/mol. The Morgan fingerprint density at radius 2 is 1.90 bits per heavy atom. The molecule has 0 aliphatic rings. The highest BCUT2D eigenvalue weighted by Gasteiger charge is 2.41. The summed E-state index contributed by atoms with van der Waals surface area (Å²) in [6.07, 6.45) is -0.878. The van der Waals surface area contributed by atoms with Gasteiger partial charge in [-0.25, -0.2) is 0 Å². The molecule has 0 unspecified atom stereocenters. The second kappa shape index (κ2) is 6.86. The number of carbonyl (C=O) groups is 1. The quantitative estimate of drug-likeness (QED) is 0.784. The van der Waals surface area contributed by atoms with Gasteiger partial charge in [0.15, 0.2) is 0 Å². The van der Waals surface area contributed by atoms with Crippen LogP contribution in [0.4, 0.5) is 0 Å². The molecule has 1 rings (SSSR count). The van der Waals surface area contributed by atoms with Gasteiger partial charge in [0.05, 0.1) is 18.1 Å². The molecule has 0 radical (unpaired) electrons. The van der Waals surface area contributed by atoms with Crippen molar-refractivity contribution in [2.24, 2.45) is 17.1 Å². The highest BCUT2D eigenvalue weighted by Crippen LogP contribution is 2.33. The number of aliphatic hydroxyl groups is 1. The number of nitrogens with two attached hydrogens (primary N) is 1. The number of aliphatic hydroxyl groups excluding tert-OH is 1. The van der Waals surface area contributed by atoms with Crippen LogP contribution >= 0.6 is 0 Å². The average molecular weight is 279 g/mol. The van der Waals surface area contributed by atoms with Crippen LogP contribution < -0.4 is 5.73 Å². The standard InChI is InChI=1S/C16H25NO3/c1-5-20-15(19)16(3,4)14(18)11(2)13(17)12-9-7-6-8-10-12/h6-11,13-14,18H,5,17H2,1-4H3/t11-,13+,14+/m0/s1. The van der Waals surface area contributed by atoms with E-state index in [4.69, 9.17) is 10.5 Å². The summed E-state index contributed by atoms with van der Waals surface area (Å²) in [6.45, 7) is 7.27. The Morgan fingerprint density at radius 1 is 1.35 bits per heavy atom. The van der Waals surface area contributed by atoms with Crippen molar-refractivity contribution in [3.63, 3.8) is 0 Å². The third-order valence-electron chi connectivity index (χ3n) is 3.79. The molecular formula is C16H25NO3. The fourth-order valence-electron chi connectivity index (χ4n) is 2.27. The van der Waals surface area contributed by atoms with Gasteiger partial charge in [0.25, 0.3) is 0 Å². The first-order chi connectivity index (χ1) is 9.32. The molecule has 0 aliphatic heterocycles. The lowest BCUT2D eigenvalue weighted by atomic mass is 9.76. The minimum atomic E-state index is -0.984. The highest BCUT2D eigenvalue weighted by molar-refractivity contribution is 5.76. The van der Waals surface area contributed by atoms with E-state index in [0.717, 1.165) is 5.56 Å². The summed E-state index contributed by atoms with van der Waals surface area (Å²) in [4.78, 5) is 11.9. The lowest BCUT2D eigenvalue weighted by Crippen LogP contribution is -2.45. The molecule has 1 aromatic carbocycles. The largest absolute Gasteiger partial charge is 0.466 e. The summed E-state index contributed by atoms with van der Waals surface area (Å²) in [5.74, 6) is -0.670. The van der Waals surface area contributed by atoms with E-state index in [-0.39, 0.29) is 12.0 Å². The zero-order valence-electron chi connectivity index (χ0n) is 12.7. The highest BCUT2D eigenvalue weighted by atomic mass is 16.5. The van der Waals surface area contributed by atoms with Gasteiger partial charge in [0.2, 0.25) is 0 Å². The van der Waals surface area contributed by atoms with Gasteiger partial charge in [0, 0.05) is 12.0 Å². The Bertz CT molecular complexity index is 431. The summed E-state index contributed by atoms with van der Waals surface area (Å²) >= 11 is 0. The zero-order chi connectivity index (χ0) is 15.3. The van der Waals surface area contributed by atoms with Gasteiger partial charge in [-0.15, -0.1) is 0 Å². The smallest absolute Gasteiger partial charge is 0.314 e. The second-order valence-corrected chi connectivity index (χ2v) is 5.68. The predicted molar refractivity (Wildman–Crippen MR) is 79.0 cm³/mol. The van der Waals surface area contributed by atoms with Gasteiger partial charge in [-0.05, 0) is 26.3 Å². The SMILES string of the molecule is CCOC(=O)C(C)(C)[C@H](O)[C@@H](C)[C@@H](N)c1ccccc1. The van der Waals surface area contributed by atoms with Crippen molar-refractivity contribution >= 4 is 5.97 Å². The topological polar surface area (TPSA) is 72.5 Å². The number of carbonyl (C=O) groups excluding carboxylic acids is 1. The first kappa shape index (κ1) is 16.7. The molecule has 3 atom stereocenters. The minimum Gasteiger partial charge on any atom is -0.466 e. The average Bonchev–Trinajstić information content (AvgIpc) is 2.46. The van der Waals surface area contributed by atoms with E-state index in [0.29, 0.717) is 6.61 Å². The summed E-state index contributed by atoms with van der Waals surface area (Å²) < 4.78 is 5.02. The Balaban J connectivity index is 2.85. The van der Waals surface area contributed by atoms with Crippen LogP contribution in [0.25, 0.3) is 0 Å². The van der Waals surface area contributed by atoms with Crippen molar-refractivity contribution in [3.05, 3.63) is 35.9 Å². The Hall–Kier alpha value is -1.39. The Labute approximate surface area is 120 Å². The van der Waals surface area contributed by atoms with E-state index in [1.807, 2.05) is 37.3 Å². The molecule has 4 heteroatoms. The summed E-state index contributed by atoms with van der Waals surface area (Å²) in [5.41, 5.74) is 6.16. The van der Waals surface area contributed by atoms with Crippen LogP contribution in [-0.2, 0) is 9.53 Å². The van der Waals surface area contributed by atoms with E-state index in [2.05, 4.69) is 0 Å². The van der Waals surface area contributed by atoms with Crippen LogP contribution in [0.3, 0.4) is 0 Å². The number of esters is 1. The van der Waals surface area contributed by atoms with E-state index in [9.17, 15) is 9.90 Å². The molecule has 4 nitrogen and oxygen atoms in total. The molecule has 1 aromatic rings. The van der Waals surface area contributed by atoms with Crippen LogP contribution in [0, 0.1) is 11.3 Å². The first-order valence-corrected chi connectivity index (χ1v) is 6.98. The van der Waals surface area contributed by atoms with Gasteiger partial charge in [-0.2, -0.15) is 0 Å². The molecule has 0 amide bonds. The van der Waals surface area contributed by atoms with E-state index < -0.39 is 17.5 Å². The molecule has 3 N–H and O–H groups in total. The van der Waals surface area contributed by atoms with Gasteiger partial charge in [-0.1, -0.05) is 37.3 Å². The molecule has 0 saturated carbocycles. The third-order valence-corrected chi connectivity index (χ3v) is 3.79. The van der Waals surface area contributed by atoms with E-state index in [1.165, 1.54) is 0 Å². The van der Waals surface area contributed by atoms with Crippen molar-refractivity contribution in [3.8, 4) is 0 Å². The van der Waals surface area contributed by atoms with Gasteiger partial charge in [-0.3, -0.25) is 4.79 Å². The fourth-order valence-corrected chi connectivity index (χ4v) is 2.27. The lowest BCUT2D eigenvalue weighted by Gasteiger charge is -2.35. The molecule has 0 fully saturated rings. The number of hydrogen-bond acceptors (Lipinski definition) is 4. The maximum absolute atomic E-state index is 11.9. The second-order valence-electron chi connectivity index (χ2n) is 5.68. The van der Waals surface area contributed by atoms with Crippen LogP contribution in [0.2, 0.25) is 0 Å². The molecule has 0 aliphatic carbocycles. The van der Waals surface area contributed by atoms with E-state index in [1.54, 1.807) is 20.8 Å². The number of benzene rings is 1. The molecule has 112 valence electrons. The van der Waals surface area contributed by atoms with Crippen molar-refractivity contribution < 1.29 is 14.6 Å². The van der Waals surface area contributed by atoms with Crippen LogP contribution in [0.1, 0.15) is 39.3 Å². The summed E-state index contributed by atoms with van der Waals surface area (Å²) in [6, 6.07) is 9.24.